The Balaban J connectivity index is 1.38. The molecule has 0 bridgehead atoms. The number of carboxylic acids is 1. The van der Waals surface area contributed by atoms with E-state index in [0.29, 0.717) is 12.2 Å². The van der Waals surface area contributed by atoms with E-state index in [1.54, 1.807) is 10.9 Å². The van der Waals surface area contributed by atoms with Crippen LogP contribution in [0.4, 0.5) is 0 Å². The second-order valence-electron chi connectivity index (χ2n) is 9.92. The zero-order valence-electron chi connectivity index (χ0n) is 22.6. The van der Waals surface area contributed by atoms with Crippen LogP contribution in [0, 0.1) is 0 Å². The van der Waals surface area contributed by atoms with Crippen LogP contribution in [0.1, 0.15) is 12.8 Å². The molecule has 1 amide bonds. The molecule has 14 heteroatoms. The highest BCUT2D eigenvalue weighted by molar-refractivity contribution is 5.78. The van der Waals surface area contributed by atoms with Crippen molar-refractivity contribution in [3.05, 3.63) is 60.8 Å². The third-order valence-electron chi connectivity index (χ3n) is 6.98. The molecular weight excluding hydrogens is 552 g/mol. The third kappa shape index (κ3) is 7.17. The van der Waals surface area contributed by atoms with Crippen LogP contribution >= 0.6 is 0 Å². The van der Waals surface area contributed by atoms with Crippen LogP contribution in [0.25, 0.3) is 22.4 Å². The van der Waals surface area contributed by atoms with Crippen LogP contribution in [-0.2, 0) is 25.6 Å². The number of carbonyl (C=O) groups is 2. The van der Waals surface area contributed by atoms with Crippen molar-refractivity contribution in [1.82, 2.24) is 20.3 Å². The smallest absolute Gasteiger partial charge is 0.364 e. The number of hydrogen-bond acceptors (Lipinski definition) is 11. The number of rotatable bonds is 13. The van der Waals surface area contributed by atoms with Gasteiger partial charge in [-0.1, -0.05) is 59.8 Å². The molecule has 7 N–H and O–H groups in total. The van der Waals surface area contributed by atoms with Gasteiger partial charge in [0.15, 0.2) is 0 Å². The fourth-order valence-corrected chi connectivity index (χ4v) is 4.74. The summed E-state index contributed by atoms with van der Waals surface area (Å²) in [4.78, 5) is 24.0. The summed E-state index contributed by atoms with van der Waals surface area (Å²) in [5, 5.41) is 69.9. The van der Waals surface area contributed by atoms with Crippen molar-refractivity contribution >= 4 is 11.9 Å². The van der Waals surface area contributed by atoms with E-state index in [1.807, 2.05) is 54.6 Å². The standard InChI is InChI=1S/C28H34N4O10/c33-15-22(36)25(38)26-24(29-23(37)16-34)21(35)13-28(42-26,27(39)40)41-12-4-11-32-14-20(30-31-32)19-9-7-18(8-10-19)17-5-2-1-3-6-17/h1-3,5-10,14,21-22,24-26,33-36,38H,4,11-13,15-16H2,(H,29,37)(H,39,40)/t21-,22+,24+,25+,26+,28+/m0/s1. The van der Waals surface area contributed by atoms with E-state index >= 15 is 0 Å². The number of aliphatic hydroxyl groups is 5. The van der Waals surface area contributed by atoms with Gasteiger partial charge < -0.3 is 45.4 Å². The minimum atomic E-state index is -2.44. The third-order valence-corrected chi connectivity index (χ3v) is 6.98. The highest BCUT2D eigenvalue weighted by atomic mass is 16.7. The molecule has 1 fully saturated rings. The van der Waals surface area contributed by atoms with E-state index in [1.165, 1.54) is 0 Å². The van der Waals surface area contributed by atoms with Gasteiger partial charge in [-0.15, -0.1) is 5.10 Å². The van der Waals surface area contributed by atoms with Crippen LogP contribution in [0.2, 0.25) is 0 Å². The van der Waals surface area contributed by atoms with Gasteiger partial charge in [-0.25, -0.2) is 4.79 Å². The average Bonchev–Trinajstić information content (AvgIpc) is 3.49. The van der Waals surface area contributed by atoms with Gasteiger partial charge >= 0.3 is 5.97 Å². The van der Waals surface area contributed by atoms with Crippen molar-refractivity contribution in [2.24, 2.45) is 0 Å². The summed E-state index contributed by atoms with van der Waals surface area (Å²) in [6.45, 7) is -1.72. The van der Waals surface area contributed by atoms with E-state index in [-0.39, 0.29) is 13.0 Å². The Morgan fingerprint density at radius 1 is 1.07 bits per heavy atom. The molecule has 2 heterocycles. The second kappa shape index (κ2) is 13.9. The van der Waals surface area contributed by atoms with Crippen LogP contribution in [0.5, 0.6) is 0 Å². The fourth-order valence-electron chi connectivity index (χ4n) is 4.74. The quantitative estimate of drug-likeness (QED) is 0.122. The maximum atomic E-state index is 12.2. The second-order valence-corrected chi connectivity index (χ2v) is 9.92. The van der Waals surface area contributed by atoms with E-state index in [9.17, 15) is 35.1 Å². The topological polar surface area (TPSA) is 217 Å². The summed E-state index contributed by atoms with van der Waals surface area (Å²) in [5.74, 6) is -4.97. The molecule has 1 aliphatic rings. The van der Waals surface area contributed by atoms with Crippen LogP contribution < -0.4 is 5.32 Å². The average molecular weight is 587 g/mol. The molecule has 6 atom stereocenters. The summed E-state index contributed by atoms with van der Waals surface area (Å²) in [5.41, 5.74) is 3.67. The number of nitrogens with one attached hydrogen (secondary N) is 1. The molecule has 4 rings (SSSR count). The molecule has 1 aliphatic heterocycles. The molecule has 226 valence electrons. The predicted octanol–water partition coefficient (Wildman–Crippen LogP) is -0.859. The Labute approximate surface area is 240 Å². The van der Waals surface area contributed by atoms with Crippen molar-refractivity contribution < 1.29 is 49.7 Å². The number of aryl methyl sites for hydroxylation is 1. The Morgan fingerprint density at radius 3 is 2.38 bits per heavy atom. The van der Waals surface area contributed by atoms with Gasteiger partial charge in [-0.05, 0) is 17.5 Å². The molecular formula is C28H34N4O10. The minimum Gasteiger partial charge on any atom is -0.477 e. The van der Waals surface area contributed by atoms with Gasteiger partial charge in [-0.3, -0.25) is 9.48 Å². The van der Waals surface area contributed by atoms with Gasteiger partial charge in [0.05, 0.1) is 31.6 Å². The number of benzene rings is 2. The van der Waals surface area contributed by atoms with Crippen molar-refractivity contribution in [2.75, 3.05) is 19.8 Å². The first kappa shape index (κ1) is 31.2. The van der Waals surface area contributed by atoms with E-state index in [0.717, 1.165) is 16.7 Å². The zero-order chi connectivity index (χ0) is 30.3. The molecule has 1 aromatic heterocycles. The molecule has 0 saturated carbocycles. The highest BCUT2D eigenvalue weighted by Crippen LogP contribution is 2.34. The van der Waals surface area contributed by atoms with Crippen molar-refractivity contribution in [1.29, 1.82) is 0 Å². The lowest BCUT2D eigenvalue weighted by Crippen LogP contribution is -2.68. The van der Waals surface area contributed by atoms with Gasteiger partial charge in [-0.2, -0.15) is 0 Å². The molecule has 1 saturated heterocycles. The maximum Gasteiger partial charge on any atom is 0.364 e. The SMILES string of the molecule is O=C(CO)N[C@H]1[C@H]([C@H](O)[C@H](O)CO)O[C@@](OCCCn2cc(-c3ccc(-c4ccccc4)cc3)nn2)(C(=O)O)C[C@@H]1O. The number of carboxylic acid groups (broad SMARTS) is 1. The fraction of sp³-hybridized carbons (Fsp3) is 0.429. The van der Waals surface area contributed by atoms with Gasteiger partial charge in [0.1, 0.15) is 30.6 Å². The van der Waals surface area contributed by atoms with Gasteiger partial charge in [0.25, 0.3) is 5.79 Å². The summed E-state index contributed by atoms with van der Waals surface area (Å²) in [6.07, 6.45) is -5.63. The Morgan fingerprint density at radius 2 is 1.74 bits per heavy atom. The number of aromatic nitrogens is 3. The zero-order valence-corrected chi connectivity index (χ0v) is 22.6. The molecule has 14 nitrogen and oxygen atoms in total. The minimum absolute atomic E-state index is 0.168. The summed E-state index contributed by atoms with van der Waals surface area (Å²) < 4.78 is 12.7. The largest absolute Gasteiger partial charge is 0.477 e. The number of aliphatic hydroxyl groups excluding tert-OH is 5. The lowest BCUT2D eigenvalue weighted by Gasteiger charge is -2.46. The Bertz CT molecular complexity index is 1320. The van der Waals surface area contributed by atoms with E-state index in [4.69, 9.17) is 14.6 Å². The number of hydrogen-bond donors (Lipinski definition) is 7. The lowest BCUT2D eigenvalue weighted by molar-refractivity contribution is -0.311. The Hall–Kier alpha value is -3.76. The van der Waals surface area contributed by atoms with Crippen molar-refractivity contribution in [3.8, 4) is 22.4 Å². The Kier molecular flexibility index (Phi) is 10.3. The number of aliphatic carboxylic acids is 1. The highest BCUT2D eigenvalue weighted by Gasteiger charge is 2.55. The first-order valence-corrected chi connectivity index (χ1v) is 13.3. The van der Waals surface area contributed by atoms with Gasteiger partial charge in [0.2, 0.25) is 5.91 Å². The molecule has 0 spiro atoms. The van der Waals surface area contributed by atoms with Crippen molar-refractivity contribution in [3.63, 3.8) is 0 Å². The summed E-state index contributed by atoms with van der Waals surface area (Å²) >= 11 is 0. The molecule has 42 heavy (non-hydrogen) atoms. The van der Waals surface area contributed by atoms with Crippen LogP contribution in [0.15, 0.2) is 60.8 Å². The van der Waals surface area contributed by atoms with Crippen LogP contribution in [-0.4, -0.2) is 114 Å². The molecule has 3 aromatic rings. The first-order valence-electron chi connectivity index (χ1n) is 13.3. The van der Waals surface area contributed by atoms with E-state index in [2.05, 4.69) is 15.6 Å². The number of ether oxygens (including phenoxy) is 2. The summed E-state index contributed by atoms with van der Waals surface area (Å²) in [6, 6.07) is 16.4. The molecule has 0 aliphatic carbocycles. The first-order chi connectivity index (χ1) is 20.2. The van der Waals surface area contributed by atoms with Crippen LogP contribution in [0.3, 0.4) is 0 Å². The van der Waals surface area contributed by atoms with Crippen molar-refractivity contribution in [2.45, 2.75) is 55.6 Å². The van der Waals surface area contributed by atoms with E-state index < -0.39 is 67.8 Å². The monoisotopic (exact) mass is 586 g/mol. The summed E-state index contributed by atoms with van der Waals surface area (Å²) in [7, 11) is 0. The maximum absolute atomic E-state index is 12.2. The molecule has 2 aromatic carbocycles. The predicted molar refractivity (Wildman–Crippen MR) is 145 cm³/mol. The van der Waals surface area contributed by atoms with Gasteiger partial charge in [0, 0.05) is 18.5 Å². The lowest BCUT2D eigenvalue weighted by atomic mass is 9.88. The number of nitrogens with zero attached hydrogens (tertiary/aromatic N) is 3. The number of carbonyl (C=O) groups excluding carboxylic acids is 1. The molecule has 0 radical (unpaired) electrons. The normalized spacial score (nSPS) is 23.7. The number of amides is 1. The molecule has 0 unspecified atom stereocenters.